The normalized spacial score (nSPS) is 14.1. The van der Waals surface area contributed by atoms with Gasteiger partial charge in [0.2, 0.25) is 6.41 Å². The summed E-state index contributed by atoms with van der Waals surface area (Å²) in [5.41, 5.74) is 0. The molecule has 0 unspecified atom stereocenters. The number of amides is 1. The van der Waals surface area contributed by atoms with E-state index >= 15 is 0 Å². The maximum absolute atomic E-state index is 11.4. The van der Waals surface area contributed by atoms with Gasteiger partial charge in [-0.3, -0.25) is 9.36 Å². The molecule has 0 aromatic carbocycles. The van der Waals surface area contributed by atoms with Gasteiger partial charge in [-0.15, -0.1) is 0 Å². The summed E-state index contributed by atoms with van der Waals surface area (Å²) in [5.74, 6) is -0.616. The third kappa shape index (κ3) is 2.61. The fraction of sp³-hybridized carbons (Fsp3) is 0.800. The van der Waals surface area contributed by atoms with Crippen LogP contribution in [-0.4, -0.2) is 26.4 Å². The second-order valence-corrected chi connectivity index (χ2v) is 4.45. The van der Waals surface area contributed by atoms with Crippen molar-refractivity contribution in [3.05, 3.63) is 0 Å². The Hall–Kier alpha value is -0.380. The molecular formula is C5H12NO4P. The molecule has 0 aromatic heterocycles. The maximum Gasteiger partial charge on any atom is 0.351 e. The Balaban J connectivity index is 4.24. The maximum atomic E-state index is 11.4. The Morgan fingerprint density at radius 1 is 1.45 bits per heavy atom. The Morgan fingerprint density at radius 2 is 1.91 bits per heavy atom. The molecule has 0 saturated heterocycles. The third-order valence-electron chi connectivity index (χ3n) is 1.29. The van der Waals surface area contributed by atoms with E-state index in [1.165, 1.54) is 14.2 Å². The fourth-order valence-electron chi connectivity index (χ4n) is 0.581. The molecule has 0 aromatic rings. The van der Waals surface area contributed by atoms with E-state index in [1.54, 1.807) is 6.92 Å². The van der Waals surface area contributed by atoms with Crippen LogP contribution in [0.4, 0.5) is 0 Å². The second-order valence-electron chi connectivity index (χ2n) is 1.87. The number of carbonyl (C=O) groups excluding carboxylic acids is 1. The summed E-state index contributed by atoms with van der Waals surface area (Å²) in [6.07, 6.45) is 0.454. The number of nitrogens with one attached hydrogen (secondary N) is 1. The molecule has 66 valence electrons. The summed E-state index contributed by atoms with van der Waals surface area (Å²) in [4.78, 5) is 9.95. The summed E-state index contributed by atoms with van der Waals surface area (Å²) in [6, 6.07) is 0. The van der Waals surface area contributed by atoms with Crippen LogP contribution < -0.4 is 5.32 Å². The second kappa shape index (κ2) is 4.49. The van der Waals surface area contributed by atoms with Gasteiger partial charge in [0.05, 0.1) is 0 Å². The standard InChI is InChI=1S/C5H12NO4P/c1-5(6-4-7)11(8,9-2)10-3/h4-5H,1-3H3,(H,6,7)/t5-/m1/s1. The molecule has 0 aliphatic heterocycles. The van der Waals surface area contributed by atoms with Crippen LogP contribution in [0.5, 0.6) is 0 Å². The highest BCUT2D eigenvalue weighted by atomic mass is 31.2. The lowest BCUT2D eigenvalue weighted by molar-refractivity contribution is -0.109. The lowest BCUT2D eigenvalue weighted by Crippen LogP contribution is -2.25. The van der Waals surface area contributed by atoms with Crippen molar-refractivity contribution < 1.29 is 18.4 Å². The largest absolute Gasteiger partial charge is 0.351 e. The molecule has 0 heterocycles. The van der Waals surface area contributed by atoms with E-state index < -0.39 is 13.4 Å². The van der Waals surface area contributed by atoms with E-state index in [0.717, 1.165) is 0 Å². The van der Waals surface area contributed by atoms with Crippen LogP contribution in [-0.2, 0) is 18.4 Å². The van der Waals surface area contributed by atoms with E-state index in [9.17, 15) is 9.36 Å². The Bertz CT molecular complexity index is 164. The summed E-state index contributed by atoms with van der Waals surface area (Å²) < 4.78 is 20.6. The zero-order valence-electron chi connectivity index (χ0n) is 6.73. The Kier molecular flexibility index (Phi) is 4.33. The van der Waals surface area contributed by atoms with Gasteiger partial charge in [-0.25, -0.2) is 0 Å². The van der Waals surface area contributed by atoms with Crippen molar-refractivity contribution in [2.24, 2.45) is 0 Å². The predicted octanol–water partition coefficient (Wildman–Crippen LogP) is 0.564. The number of carbonyl (C=O) groups is 1. The van der Waals surface area contributed by atoms with Crippen molar-refractivity contribution in [2.45, 2.75) is 12.7 Å². The van der Waals surface area contributed by atoms with Gasteiger partial charge in [0, 0.05) is 14.2 Å². The monoisotopic (exact) mass is 181 g/mol. The molecule has 0 radical (unpaired) electrons. The third-order valence-corrected chi connectivity index (χ3v) is 3.41. The molecule has 6 heteroatoms. The van der Waals surface area contributed by atoms with Crippen LogP contribution in [0, 0.1) is 0 Å². The fourth-order valence-corrected chi connectivity index (χ4v) is 1.61. The topological polar surface area (TPSA) is 64.6 Å². The van der Waals surface area contributed by atoms with Crippen molar-refractivity contribution in [3.8, 4) is 0 Å². The first kappa shape index (κ1) is 10.6. The van der Waals surface area contributed by atoms with Gasteiger partial charge in [-0.1, -0.05) is 0 Å². The van der Waals surface area contributed by atoms with E-state index in [4.69, 9.17) is 0 Å². The van der Waals surface area contributed by atoms with E-state index in [1.807, 2.05) is 0 Å². The molecule has 0 rings (SSSR count). The van der Waals surface area contributed by atoms with Crippen LogP contribution in [0.25, 0.3) is 0 Å². The van der Waals surface area contributed by atoms with E-state index in [0.29, 0.717) is 6.41 Å². The molecule has 0 saturated carbocycles. The molecular weight excluding hydrogens is 169 g/mol. The van der Waals surface area contributed by atoms with Crippen LogP contribution in [0.3, 0.4) is 0 Å². The summed E-state index contributed by atoms with van der Waals surface area (Å²) in [5, 5.41) is 2.29. The summed E-state index contributed by atoms with van der Waals surface area (Å²) in [6.45, 7) is 1.54. The van der Waals surface area contributed by atoms with E-state index in [-0.39, 0.29) is 0 Å². The Morgan fingerprint density at radius 3 is 2.18 bits per heavy atom. The van der Waals surface area contributed by atoms with Crippen LogP contribution in [0.2, 0.25) is 0 Å². The smallest absolute Gasteiger partial charge is 0.345 e. The van der Waals surface area contributed by atoms with Crippen LogP contribution in [0.15, 0.2) is 0 Å². The summed E-state index contributed by atoms with van der Waals surface area (Å²) in [7, 11) is -0.589. The summed E-state index contributed by atoms with van der Waals surface area (Å²) >= 11 is 0. The molecule has 5 nitrogen and oxygen atoms in total. The van der Waals surface area contributed by atoms with Crippen molar-refractivity contribution in [1.29, 1.82) is 0 Å². The minimum Gasteiger partial charge on any atom is -0.345 e. The lowest BCUT2D eigenvalue weighted by Gasteiger charge is -2.19. The van der Waals surface area contributed by atoms with E-state index in [2.05, 4.69) is 14.4 Å². The minimum absolute atomic E-state index is 0.454. The average molecular weight is 181 g/mol. The highest BCUT2D eigenvalue weighted by Gasteiger charge is 2.29. The van der Waals surface area contributed by atoms with Crippen molar-refractivity contribution in [2.75, 3.05) is 14.2 Å². The van der Waals surface area contributed by atoms with Crippen molar-refractivity contribution in [1.82, 2.24) is 5.32 Å². The number of hydrogen-bond acceptors (Lipinski definition) is 4. The van der Waals surface area contributed by atoms with Gasteiger partial charge < -0.3 is 14.4 Å². The molecule has 0 fully saturated rings. The number of hydrogen-bond donors (Lipinski definition) is 1. The molecule has 11 heavy (non-hydrogen) atoms. The first-order valence-electron chi connectivity index (χ1n) is 3.01. The number of rotatable bonds is 5. The SMILES string of the molecule is COP(=O)(OC)[C@H](C)NC=O. The molecule has 0 spiro atoms. The highest BCUT2D eigenvalue weighted by Crippen LogP contribution is 2.49. The quantitative estimate of drug-likeness (QED) is 0.497. The molecule has 0 aliphatic carbocycles. The molecule has 1 amide bonds. The van der Waals surface area contributed by atoms with Crippen molar-refractivity contribution >= 4 is 14.0 Å². The Labute approximate surface area is 65.6 Å². The molecule has 0 aliphatic rings. The lowest BCUT2D eigenvalue weighted by atomic mass is 10.8. The predicted molar refractivity (Wildman–Crippen MR) is 40.3 cm³/mol. The van der Waals surface area contributed by atoms with Gasteiger partial charge in [-0.05, 0) is 6.92 Å². The highest BCUT2D eigenvalue weighted by molar-refractivity contribution is 7.54. The van der Waals surface area contributed by atoms with Crippen LogP contribution in [0.1, 0.15) is 6.92 Å². The first-order valence-corrected chi connectivity index (χ1v) is 4.62. The van der Waals surface area contributed by atoms with Crippen LogP contribution >= 0.6 is 7.60 Å². The average Bonchev–Trinajstić information content (AvgIpc) is 2.03. The van der Waals surface area contributed by atoms with Gasteiger partial charge in [-0.2, -0.15) is 0 Å². The molecule has 1 N–H and O–H groups in total. The van der Waals surface area contributed by atoms with Crippen molar-refractivity contribution in [3.63, 3.8) is 0 Å². The van der Waals surface area contributed by atoms with Gasteiger partial charge >= 0.3 is 7.60 Å². The first-order chi connectivity index (χ1) is 5.10. The molecule has 0 bridgehead atoms. The zero-order valence-corrected chi connectivity index (χ0v) is 7.63. The molecule has 1 atom stereocenters. The van der Waals surface area contributed by atoms with Gasteiger partial charge in [0.25, 0.3) is 0 Å². The van der Waals surface area contributed by atoms with Gasteiger partial charge in [0.1, 0.15) is 5.78 Å². The zero-order chi connectivity index (χ0) is 8.91. The minimum atomic E-state index is -3.13. The van der Waals surface area contributed by atoms with Gasteiger partial charge in [0.15, 0.2) is 0 Å².